The summed E-state index contributed by atoms with van der Waals surface area (Å²) < 4.78 is 5.31. The number of rotatable bonds is 2. The quantitative estimate of drug-likeness (QED) is 0.763. The van der Waals surface area contributed by atoms with E-state index in [9.17, 15) is 5.02 Å². The van der Waals surface area contributed by atoms with Crippen molar-refractivity contribution < 1.29 is 9.68 Å². The lowest BCUT2D eigenvalue weighted by Crippen LogP contribution is -2.34. The Hall–Kier alpha value is -0.795. The van der Waals surface area contributed by atoms with Gasteiger partial charge in [-0.25, -0.2) is 0 Å². The van der Waals surface area contributed by atoms with Gasteiger partial charge in [-0.15, -0.1) is 0 Å². The van der Waals surface area contributed by atoms with E-state index in [1.807, 2.05) is 6.07 Å². The maximum atomic E-state index is 9.79. The van der Waals surface area contributed by atoms with Crippen LogP contribution in [0.15, 0.2) is 18.2 Å². The highest BCUT2D eigenvalue weighted by molar-refractivity contribution is 6.60. The highest BCUT2D eigenvalue weighted by atomic mass is 16.5. The number of fused-ring (bicyclic) bond motifs is 1. The Morgan fingerprint density at radius 3 is 3.00 bits per heavy atom. The summed E-state index contributed by atoms with van der Waals surface area (Å²) in [6.07, 6.45) is 3.11. The van der Waals surface area contributed by atoms with E-state index in [2.05, 4.69) is 26.0 Å². The molecule has 1 aliphatic heterocycles. The fraction of sp³-hybridized carbons (Fsp3) is 0.538. The van der Waals surface area contributed by atoms with Gasteiger partial charge in [0.05, 0.1) is 0 Å². The van der Waals surface area contributed by atoms with Crippen LogP contribution < -0.4 is 5.46 Å². The van der Waals surface area contributed by atoms with Crippen LogP contribution in [0.3, 0.4) is 0 Å². The molecular weight excluding hydrogens is 199 g/mol. The molecule has 2 rings (SSSR count). The van der Waals surface area contributed by atoms with Crippen molar-refractivity contribution in [3.63, 3.8) is 0 Å². The van der Waals surface area contributed by atoms with Crippen LogP contribution in [0.4, 0.5) is 0 Å². The average Bonchev–Trinajstić information content (AvgIpc) is 2.40. The van der Waals surface area contributed by atoms with E-state index in [0.717, 1.165) is 24.7 Å². The summed E-state index contributed by atoms with van der Waals surface area (Å²) in [6.45, 7) is 5.10. The monoisotopic (exact) mass is 218 g/mol. The molecule has 0 amide bonds. The molecule has 0 radical (unpaired) electrons. The summed E-state index contributed by atoms with van der Waals surface area (Å²) in [6, 6.07) is 6.35. The molecule has 1 aromatic carbocycles. The van der Waals surface area contributed by atoms with Gasteiger partial charge in [-0.2, -0.15) is 0 Å². The topological polar surface area (TPSA) is 29.5 Å². The van der Waals surface area contributed by atoms with Crippen molar-refractivity contribution in [2.24, 2.45) is 5.92 Å². The van der Waals surface area contributed by atoms with Gasteiger partial charge in [-0.3, -0.25) is 0 Å². The van der Waals surface area contributed by atoms with Gasteiger partial charge in [0.1, 0.15) is 0 Å². The van der Waals surface area contributed by atoms with Crippen LogP contribution in [-0.4, -0.2) is 18.7 Å². The highest BCUT2D eigenvalue weighted by Crippen LogP contribution is 2.13. The molecule has 0 atom stereocenters. The van der Waals surface area contributed by atoms with Crippen molar-refractivity contribution in [3.05, 3.63) is 29.3 Å². The summed E-state index contributed by atoms with van der Waals surface area (Å²) in [5.74, 6) is 0.671. The van der Waals surface area contributed by atoms with Crippen molar-refractivity contribution in [1.82, 2.24) is 0 Å². The van der Waals surface area contributed by atoms with Gasteiger partial charge >= 0.3 is 7.12 Å². The summed E-state index contributed by atoms with van der Waals surface area (Å²) in [5, 5.41) is 9.79. The Kier molecular flexibility index (Phi) is 3.67. The molecule has 1 aliphatic rings. The summed E-state index contributed by atoms with van der Waals surface area (Å²) in [5.41, 5.74) is 3.57. The normalized spacial score (nSPS) is 16.1. The van der Waals surface area contributed by atoms with Crippen LogP contribution in [0, 0.1) is 5.92 Å². The van der Waals surface area contributed by atoms with E-state index < -0.39 is 7.12 Å². The van der Waals surface area contributed by atoms with E-state index >= 15 is 0 Å². The summed E-state index contributed by atoms with van der Waals surface area (Å²) in [4.78, 5) is 0. The van der Waals surface area contributed by atoms with Gasteiger partial charge in [0.15, 0.2) is 0 Å². The molecule has 3 heteroatoms. The zero-order valence-corrected chi connectivity index (χ0v) is 10.1. The SMILES string of the molecule is CC(C)Cc1ccc2c(c1)CCCOB2O. The molecule has 0 spiro atoms. The lowest BCUT2D eigenvalue weighted by Gasteiger charge is -2.11. The first-order valence-electron chi connectivity index (χ1n) is 6.08. The Bertz CT molecular complexity index is 363. The first-order chi connectivity index (χ1) is 7.66. The maximum absolute atomic E-state index is 9.79. The second kappa shape index (κ2) is 5.02. The minimum Gasteiger partial charge on any atom is -0.423 e. The van der Waals surface area contributed by atoms with E-state index in [4.69, 9.17) is 4.65 Å². The molecular formula is C13H19BO2. The first-order valence-corrected chi connectivity index (χ1v) is 6.08. The van der Waals surface area contributed by atoms with Crippen LogP contribution in [0.5, 0.6) is 0 Å². The molecule has 0 fully saturated rings. The molecule has 16 heavy (non-hydrogen) atoms. The molecule has 0 saturated carbocycles. The minimum absolute atomic E-state index is 0.648. The predicted molar refractivity (Wildman–Crippen MR) is 66.9 cm³/mol. The molecule has 0 aromatic heterocycles. The molecule has 1 heterocycles. The fourth-order valence-electron chi connectivity index (χ4n) is 2.26. The van der Waals surface area contributed by atoms with Crippen molar-refractivity contribution >= 4 is 12.6 Å². The Morgan fingerprint density at radius 1 is 1.44 bits per heavy atom. The first kappa shape index (κ1) is 11.7. The van der Waals surface area contributed by atoms with Crippen molar-refractivity contribution in [1.29, 1.82) is 0 Å². The Balaban J connectivity index is 2.26. The number of hydrogen-bond donors (Lipinski definition) is 1. The minimum atomic E-state index is -0.731. The van der Waals surface area contributed by atoms with Gasteiger partial charge in [0.25, 0.3) is 0 Å². The van der Waals surface area contributed by atoms with Crippen molar-refractivity contribution in [3.8, 4) is 0 Å². The Labute approximate surface area is 97.8 Å². The van der Waals surface area contributed by atoms with E-state index in [-0.39, 0.29) is 0 Å². The van der Waals surface area contributed by atoms with Crippen LogP contribution >= 0.6 is 0 Å². The third-order valence-electron chi connectivity index (χ3n) is 2.98. The van der Waals surface area contributed by atoms with E-state index in [0.29, 0.717) is 12.5 Å². The standard InChI is InChI=1S/C13H19BO2/c1-10(2)8-11-5-6-13-12(9-11)4-3-7-16-14(13)15/h5-6,9-10,15H,3-4,7-8H2,1-2H3. The zero-order chi connectivity index (χ0) is 11.5. The van der Waals surface area contributed by atoms with Gasteiger partial charge < -0.3 is 9.68 Å². The smallest absolute Gasteiger partial charge is 0.423 e. The molecule has 1 aromatic rings. The molecule has 0 saturated heterocycles. The molecule has 0 unspecified atom stereocenters. The van der Waals surface area contributed by atoms with Crippen LogP contribution in [0.1, 0.15) is 31.4 Å². The van der Waals surface area contributed by atoms with E-state index in [1.54, 1.807) is 0 Å². The second-order valence-electron chi connectivity index (χ2n) is 4.96. The Morgan fingerprint density at radius 2 is 2.25 bits per heavy atom. The molecule has 1 N–H and O–H groups in total. The molecule has 0 bridgehead atoms. The van der Waals surface area contributed by atoms with Crippen molar-refractivity contribution in [2.45, 2.75) is 33.1 Å². The second-order valence-corrected chi connectivity index (χ2v) is 4.96. The fourth-order valence-corrected chi connectivity index (χ4v) is 2.26. The number of benzene rings is 1. The lowest BCUT2D eigenvalue weighted by molar-refractivity contribution is 0.270. The van der Waals surface area contributed by atoms with Crippen LogP contribution in [0.25, 0.3) is 0 Å². The summed E-state index contributed by atoms with van der Waals surface area (Å²) in [7, 11) is -0.731. The van der Waals surface area contributed by atoms with Gasteiger partial charge in [0, 0.05) is 6.61 Å². The van der Waals surface area contributed by atoms with Crippen molar-refractivity contribution in [2.75, 3.05) is 6.61 Å². The molecule has 0 aliphatic carbocycles. The largest absolute Gasteiger partial charge is 0.491 e. The highest BCUT2D eigenvalue weighted by Gasteiger charge is 2.22. The van der Waals surface area contributed by atoms with Gasteiger partial charge in [0.2, 0.25) is 0 Å². The zero-order valence-electron chi connectivity index (χ0n) is 10.1. The number of hydrogen-bond acceptors (Lipinski definition) is 2. The van der Waals surface area contributed by atoms with Gasteiger partial charge in [-0.05, 0) is 41.8 Å². The predicted octanol–water partition coefficient (Wildman–Crippen LogP) is 1.54. The summed E-state index contributed by atoms with van der Waals surface area (Å²) >= 11 is 0. The number of aryl methyl sites for hydroxylation is 1. The third-order valence-corrected chi connectivity index (χ3v) is 2.98. The lowest BCUT2D eigenvalue weighted by atomic mass is 9.75. The molecule has 2 nitrogen and oxygen atoms in total. The molecule has 86 valence electrons. The van der Waals surface area contributed by atoms with Gasteiger partial charge in [-0.1, -0.05) is 32.0 Å². The van der Waals surface area contributed by atoms with Crippen LogP contribution in [0.2, 0.25) is 0 Å². The van der Waals surface area contributed by atoms with Crippen LogP contribution in [-0.2, 0) is 17.5 Å². The average molecular weight is 218 g/mol. The third kappa shape index (κ3) is 2.66. The maximum Gasteiger partial charge on any atom is 0.491 e. The van der Waals surface area contributed by atoms with E-state index in [1.165, 1.54) is 11.1 Å².